The summed E-state index contributed by atoms with van der Waals surface area (Å²) in [5.74, 6) is 1.69. The highest BCUT2D eigenvalue weighted by Gasteiger charge is 2.31. The minimum atomic E-state index is 0.118. The summed E-state index contributed by atoms with van der Waals surface area (Å²) in [7, 11) is 0. The van der Waals surface area contributed by atoms with Gasteiger partial charge in [0.2, 0.25) is 0 Å². The maximum atomic E-state index is 11.4. The molecule has 1 fully saturated rings. The first-order valence-electron chi connectivity index (χ1n) is 4.92. The van der Waals surface area contributed by atoms with Crippen LogP contribution in [0.15, 0.2) is 11.8 Å². The summed E-state index contributed by atoms with van der Waals surface area (Å²) in [6.45, 7) is 6.47. The van der Waals surface area contributed by atoms with Crippen LogP contribution in [0.3, 0.4) is 0 Å². The molecule has 0 bridgehead atoms. The molecule has 0 radical (unpaired) electrons. The second-order valence-electron chi connectivity index (χ2n) is 4.37. The smallest absolute Gasteiger partial charge is 0.162 e. The lowest BCUT2D eigenvalue weighted by molar-refractivity contribution is -0.118. The van der Waals surface area contributed by atoms with E-state index in [9.17, 15) is 4.79 Å². The highest BCUT2D eigenvalue weighted by atomic mass is 16.2. The van der Waals surface area contributed by atoms with Crippen LogP contribution in [0.4, 0.5) is 0 Å². The van der Waals surface area contributed by atoms with Crippen LogP contribution in [0.25, 0.3) is 0 Å². The first kappa shape index (κ1) is 10.3. The van der Waals surface area contributed by atoms with Crippen LogP contribution in [0.1, 0.15) is 33.6 Å². The third kappa shape index (κ3) is 2.11. The molecule has 0 aliphatic heterocycles. The van der Waals surface area contributed by atoms with Crippen molar-refractivity contribution in [3.8, 4) is 0 Å². The Morgan fingerprint density at radius 3 is 2.54 bits per heavy atom. The van der Waals surface area contributed by atoms with E-state index in [1.165, 1.54) is 0 Å². The second-order valence-corrected chi connectivity index (χ2v) is 4.37. The predicted octanol–water partition coefficient (Wildman–Crippen LogP) is 2.70. The summed E-state index contributed by atoms with van der Waals surface area (Å²) >= 11 is 0. The lowest BCUT2D eigenvalue weighted by Crippen LogP contribution is -2.28. The van der Waals surface area contributed by atoms with E-state index in [-0.39, 0.29) is 5.78 Å². The van der Waals surface area contributed by atoms with Gasteiger partial charge in [-0.15, -0.1) is 0 Å². The minimum absolute atomic E-state index is 0.118. The molecular weight excluding hydrogens is 164 g/mol. The Balaban J connectivity index is 2.75. The van der Waals surface area contributed by atoms with Gasteiger partial charge in [0, 0.05) is 12.0 Å². The van der Waals surface area contributed by atoms with Gasteiger partial charge < -0.3 is 5.11 Å². The van der Waals surface area contributed by atoms with Crippen LogP contribution < -0.4 is 0 Å². The predicted molar refractivity (Wildman–Crippen MR) is 52.4 cm³/mol. The number of carbonyl (C=O) groups excluding carboxylic acids is 1. The molecule has 0 heterocycles. The Bertz CT molecular complexity index is 228. The third-order valence-electron chi connectivity index (χ3n) is 3.06. The third-order valence-corrected chi connectivity index (χ3v) is 3.06. The van der Waals surface area contributed by atoms with Gasteiger partial charge in [0.15, 0.2) is 5.78 Å². The Morgan fingerprint density at radius 2 is 2.08 bits per heavy atom. The van der Waals surface area contributed by atoms with Gasteiger partial charge in [-0.05, 0) is 24.2 Å². The van der Waals surface area contributed by atoms with Crippen molar-refractivity contribution >= 4 is 5.78 Å². The van der Waals surface area contributed by atoms with E-state index >= 15 is 0 Å². The summed E-state index contributed by atoms with van der Waals surface area (Å²) in [5.41, 5.74) is 0.608. The molecule has 0 spiro atoms. The Morgan fingerprint density at radius 1 is 1.46 bits per heavy atom. The van der Waals surface area contributed by atoms with Gasteiger partial charge in [0.25, 0.3) is 0 Å². The SMILES string of the molecule is CC(C)C1C/C(=C\O)C(=O)CC1C. The maximum absolute atomic E-state index is 11.4. The summed E-state index contributed by atoms with van der Waals surface area (Å²) < 4.78 is 0. The molecule has 2 nitrogen and oxygen atoms in total. The molecule has 1 N–H and O–H groups in total. The normalized spacial score (nSPS) is 32.9. The summed E-state index contributed by atoms with van der Waals surface area (Å²) in [6, 6.07) is 0. The molecule has 0 saturated heterocycles. The molecule has 1 rings (SSSR count). The van der Waals surface area contributed by atoms with E-state index < -0.39 is 0 Å². The molecular formula is C11H18O2. The molecule has 1 saturated carbocycles. The quantitative estimate of drug-likeness (QED) is 0.500. The topological polar surface area (TPSA) is 37.3 Å². The number of aliphatic hydroxyl groups is 1. The molecule has 13 heavy (non-hydrogen) atoms. The number of ketones is 1. The van der Waals surface area contributed by atoms with Crippen LogP contribution in [0, 0.1) is 17.8 Å². The monoisotopic (exact) mass is 182 g/mol. The zero-order valence-corrected chi connectivity index (χ0v) is 8.58. The lowest BCUT2D eigenvalue weighted by atomic mass is 9.72. The zero-order chi connectivity index (χ0) is 10.0. The lowest BCUT2D eigenvalue weighted by Gasteiger charge is -2.32. The molecule has 0 aromatic heterocycles. The van der Waals surface area contributed by atoms with Crippen LogP contribution in [-0.4, -0.2) is 10.9 Å². The molecule has 1 aliphatic rings. The van der Waals surface area contributed by atoms with E-state index in [1.54, 1.807) is 0 Å². The molecule has 0 aromatic carbocycles. The van der Waals surface area contributed by atoms with Gasteiger partial charge in [0.05, 0.1) is 6.26 Å². The van der Waals surface area contributed by atoms with Crippen molar-refractivity contribution in [1.29, 1.82) is 0 Å². The van der Waals surface area contributed by atoms with Crippen LogP contribution >= 0.6 is 0 Å². The van der Waals surface area contributed by atoms with Crippen molar-refractivity contribution in [3.05, 3.63) is 11.8 Å². The van der Waals surface area contributed by atoms with Crippen molar-refractivity contribution in [1.82, 2.24) is 0 Å². The minimum Gasteiger partial charge on any atom is -0.515 e. The first-order valence-corrected chi connectivity index (χ1v) is 4.92. The van der Waals surface area contributed by atoms with Crippen LogP contribution in [0.5, 0.6) is 0 Å². The molecule has 1 aliphatic carbocycles. The second kappa shape index (κ2) is 3.95. The van der Waals surface area contributed by atoms with Crippen molar-refractivity contribution < 1.29 is 9.90 Å². The van der Waals surface area contributed by atoms with Crippen molar-refractivity contribution in [2.75, 3.05) is 0 Å². The molecule has 2 heteroatoms. The van der Waals surface area contributed by atoms with Crippen molar-refractivity contribution in [2.24, 2.45) is 17.8 Å². The van der Waals surface area contributed by atoms with Gasteiger partial charge >= 0.3 is 0 Å². The first-order chi connectivity index (χ1) is 6.06. The Kier molecular flexibility index (Phi) is 3.12. The van der Waals surface area contributed by atoms with E-state index in [1.807, 2.05) is 0 Å². The molecule has 0 aromatic rings. The summed E-state index contributed by atoms with van der Waals surface area (Å²) in [6.07, 6.45) is 2.33. The highest BCUT2D eigenvalue weighted by molar-refractivity contribution is 5.96. The standard InChI is InChI=1S/C11H18O2/c1-7(2)10-5-9(6-12)11(13)4-8(10)3/h6-8,10,12H,4-5H2,1-3H3/b9-6+. The summed E-state index contributed by atoms with van der Waals surface area (Å²) in [4.78, 5) is 11.4. The maximum Gasteiger partial charge on any atom is 0.162 e. The number of hydrogen-bond acceptors (Lipinski definition) is 2. The van der Waals surface area contributed by atoms with Crippen LogP contribution in [0.2, 0.25) is 0 Å². The van der Waals surface area contributed by atoms with Gasteiger partial charge in [-0.2, -0.15) is 0 Å². The molecule has 2 atom stereocenters. The van der Waals surface area contributed by atoms with Crippen molar-refractivity contribution in [2.45, 2.75) is 33.6 Å². The number of rotatable bonds is 1. The number of allylic oxidation sites excluding steroid dienone is 1. The largest absolute Gasteiger partial charge is 0.515 e. The Labute approximate surface area is 79.6 Å². The van der Waals surface area contributed by atoms with E-state index in [0.717, 1.165) is 12.7 Å². The molecule has 0 amide bonds. The average Bonchev–Trinajstić information content (AvgIpc) is 2.03. The number of Topliss-reactive ketones (excluding diaryl/α,β-unsaturated/α-hetero) is 1. The van der Waals surface area contributed by atoms with E-state index in [2.05, 4.69) is 20.8 Å². The molecule has 2 unspecified atom stereocenters. The highest BCUT2D eigenvalue weighted by Crippen LogP contribution is 2.35. The fourth-order valence-electron chi connectivity index (χ4n) is 2.16. The van der Waals surface area contributed by atoms with Gasteiger partial charge in [0.1, 0.15) is 0 Å². The number of hydrogen-bond donors (Lipinski definition) is 1. The van der Waals surface area contributed by atoms with Gasteiger partial charge in [-0.3, -0.25) is 4.79 Å². The Hall–Kier alpha value is -0.790. The zero-order valence-electron chi connectivity index (χ0n) is 8.58. The number of carbonyl (C=O) groups is 1. The fraction of sp³-hybridized carbons (Fsp3) is 0.727. The van der Waals surface area contributed by atoms with Gasteiger partial charge in [-0.25, -0.2) is 0 Å². The van der Waals surface area contributed by atoms with Gasteiger partial charge in [-0.1, -0.05) is 20.8 Å². The van der Waals surface area contributed by atoms with Crippen LogP contribution in [-0.2, 0) is 4.79 Å². The van der Waals surface area contributed by atoms with E-state index in [4.69, 9.17) is 5.11 Å². The fourth-order valence-corrected chi connectivity index (χ4v) is 2.16. The molecule has 74 valence electrons. The van der Waals surface area contributed by atoms with E-state index in [0.29, 0.717) is 29.7 Å². The van der Waals surface area contributed by atoms with Crippen molar-refractivity contribution in [3.63, 3.8) is 0 Å². The number of aliphatic hydroxyl groups excluding tert-OH is 1. The summed E-state index contributed by atoms with van der Waals surface area (Å²) in [5, 5.41) is 8.86. The average molecular weight is 182 g/mol.